The van der Waals surface area contributed by atoms with E-state index in [0.29, 0.717) is 25.2 Å². The van der Waals surface area contributed by atoms with Gasteiger partial charge in [-0.05, 0) is 17.5 Å². The zero-order valence-corrected chi connectivity index (χ0v) is 14.4. The van der Waals surface area contributed by atoms with E-state index in [2.05, 4.69) is 20.4 Å². The monoisotopic (exact) mass is 361 g/mol. The molecule has 1 aliphatic heterocycles. The number of aromatic nitrogens is 2. The summed E-state index contributed by atoms with van der Waals surface area (Å²) in [6.45, 7) is 3.99. The third-order valence-corrected chi connectivity index (χ3v) is 4.74. The molecule has 25 heavy (non-hydrogen) atoms. The van der Waals surface area contributed by atoms with E-state index < -0.39 is 0 Å². The van der Waals surface area contributed by atoms with Crippen molar-refractivity contribution < 1.29 is 9.59 Å². The molecule has 8 nitrogen and oxygen atoms in total. The van der Waals surface area contributed by atoms with Crippen LogP contribution < -0.4 is 10.9 Å². The van der Waals surface area contributed by atoms with Gasteiger partial charge in [0.15, 0.2) is 0 Å². The van der Waals surface area contributed by atoms with Crippen molar-refractivity contribution in [2.75, 3.05) is 39.3 Å². The number of nitrogens with one attached hydrogen (secondary N) is 2. The number of nitrogens with zero attached hydrogens (tertiary/aromatic N) is 3. The number of thiophene rings is 1. The summed E-state index contributed by atoms with van der Waals surface area (Å²) in [4.78, 5) is 39.1. The van der Waals surface area contributed by atoms with Crippen molar-refractivity contribution in [1.29, 1.82) is 0 Å². The van der Waals surface area contributed by atoms with Crippen molar-refractivity contribution in [1.82, 2.24) is 25.3 Å². The molecule has 3 heterocycles. The number of piperazine rings is 1. The maximum Gasteiger partial charge on any atom is 0.274 e. The lowest BCUT2D eigenvalue weighted by molar-refractivity contribution is 0.0631. The molecule has 2 amide bonds. The summed E-state index contributed by atoms with van der Waals surface area (Å²) < 4.78 is 0. The van der Waals surface area contributed by atoms with Crippen molar-refractivity contribution in [3.8, 4) is 0 Å². The number of amides is 2. The molecule has 0 aliphatic carbocycles. The topological polar surface area (TPSA) is 98.4 Å². The van der Waals surface area contributed by atoms with Gasteiger partial charge in [0, 0.05) is 56.3 Å². The normalized spacial score (nSPS) is 15.1. The summed E-state index contributed by atoms with van der Waals surface area (Å²) in [7, 11) is 0. The molecule has 2 aromatic rings. The van der Waals surface area contributed by atoms with E-state index in [1.165, 1.54) is 23.5 Å². The van der Waals surface area contributed by atoms with Gasteiger partial charge in [-0.3, -0.25) is 19.3 Å². The second kappa shape index (κ2) is 8.04. The van der Waals surface area contributed by atoms with Crippen LogP contribution in [0.2, 0.25) is 0 Å². The van der Waals surface area contributed by atoms with E-state index in [9.17, 15) is 14.4 Å². The second-order valence-electron chi connectivity index (χ2n) is 5.71. The molecule has 0 saturated carbocycles. The van der Waals surface area contributed by atoms with Crippen LogP contribution in [0.3, 0.4) is 0 Å². The Morgan fingerprint density at radius 1 is 1.20 bits per heavy atom. The number of aromatic amines is 1. The highest BCUT2D eigenvalue weighted by Crippen LogP contribution is 2.07. The van der Waals surface area contributed by atoms with Crippen LogP contribution in [0.1, 0.15) is 20.8 Å². The van der Waals surface area contributed by atoms with E-state index in [1.54, 1.807) is 11.0 Å². The van der Waals surface area contributed by atoms with Crippen LogP contribution in [0.15, 0.2) is 33.8 Å². The van der Waals surface area contributed by atoms with Gasteiger partial charge in [-0.2, -0.15) is 16.4 Å². The fraction of sp³-hybridized carbons (Fsp3) is 0.375. The molecule has 0 atom stereocenters. The molecule has 1 fully saturated rings. The SMILES string of the molecule is O=C(NCCN1CCN(C(=O)c2ccc(=O)[nH]n2)CC1)c1ccsc1. The van der Waals surface area contributed by atoms with E-state index >= 15 is 0 Å². The van der Waals surface area contributed by atoms with Gasteiger partial charge in [-0.1, -0.05) is 0 Å². The minimum absolute atomic E-state index is 0.0563. The molecule has 1 saturated heterocycles. The molecule has 1 aliphatic rings. The third-order valence-electron chi connectivity index (χ3n) is 4.05. The first kappa shape index (κ1) is 17.3. The number of hydrogen-bond acceptors (Lipinski definition) is 6. The Balaban J connectivity index is 1.41. The number of carbonyl (C=O) groups excluding carboxylic acids is 2. The molecule has 0 radical (unpaired) electrons. The quantitative estimate of drug-likeness (QED) is 0.782. The van der Waals surface area contributed by atoms with Crippen LogP contribution in [-0.4, -0.2) is 71.1 Å². The zero-order valence-electron chi connectivity index (χ0n) is 13.6. The number of rotatable bonds is 5. The van der Waals surface area contributed by atoms with Gasteiger partial charge in [0.25, 0.3) is 17.4 Å². The highest BCUT2D eigenvalue weighted by atomic mass is 32.1. The van der Waals surface area contributed by atoms with Gasteiger partial charge in [0.2, 0.25) is 0 Å². The second-order valence-corrected chi connectivity index (χ2v) is 6.49. The number of H-pyrrole nitrogens is 1. The van der Waals surface area contributed by atoms with Crippen LogP contribution >= 0.6 is 11.3 Å². The van der Waals surface area contributed by atoms with Crippen molar-refractivity contribution in [3.63, 3.8) is 0 Å². The van der Waals surface area contributed by atoms with Crippen molar-refractivity contribution >= 4 is 23.2 Å². The first-order chi connectivity index (χ1) is 12.1. The Bertz CT molecular complexity index is 761. The van der Waals surface area contributed by atoms with Gasteiger partial charge in [-0.15, -0.1) is 0 Å². The zero-order chi connectivity index (χ0) is 17.6. The minimum Gasteiger partial charge on any atom is -0.351 e. The third kappa shape index (κ3) is 4.52. The van der Waals surface area contributed by atoms with E-state index in [0.717, 1.165) is 19.6 Å². The maximum atomic E-state index is 12.3. The van der Waals surface area contributed by atoms with Gasteiger partial charge >= 0.3 is 0 Å². The summed E-state index contributed by atoms with van der Waals surface area (Å²) in [5.41, 5.74) is 0.607. The maximum absolute atomic E-state index is 12.3. The summed E-state index contributed by atoms with van der Waals surface area (Å²) in [5.74, 6) is -0.235. The summed E-state index contributed by atoms with van der Waals surface area (Å²) in [5, 5.41) is 12.7. The smallest absolute Gasteiger partial charge is 0.274 e. The predicted octanol–water partition coefficient (Wildman–Crippen LogP) is 0.0192. The molecule has 0 aromatic carbocycles. The highest BCUT2D eigenvalue weighted by Gasteiger charge is 2.22. The lowest BCUT2D eigenvalue weighted by Crippen LogP contribution is -2.50. The molecule has 2 N–H and O–H groups in total. The lowest BCUT2D eigenvalue weighted by Gasteiger charge is -2.34. The molecule has 132 valence electrons. The first-order valence-corrected chi connectivity index (χ1v) is 8.95. The number of carbonyl (C=O) groups is 2. The highest BCUT2D eigenvalue weighted by molar-refractivity contribution is 7.08. The van der Waals surface area contributed by atoms with Crippen LogP contribution in [0, 0.1) is 0 Å². The Morgan fingerprint density at radius 3 is 2.64 bits per heavy atom. The molecule has 0 unspecified atom stereocenters. The van der Waals surface area contributed by atoms with Gasteiger partial charge < -0.3 is 10.2 Å². The van der Waals surface area contributed by atoms with E-state index in [-0.39, 0.29) is 23.1 Å². The van der Waals surface area contributed by atoms with Gasteiger partial charge in [-0.25, -0.2) is 5.10 Å². The van der Waals surface area contributed by atoms with E-state index in [4.69, 9.17) is 0 Å². The van der Waals surface area contributed by atoms with Crippen molar-refractivity contribution in [3.05, 3.63) is 50.6 Å². The average Bonchev–Trinajstić information content (AvgIpc) is 3.17. The first-order valence-electron chi connectivity index (χ1n) is 8.01. The molecular formula is C16H19N5O3S. The Hall–Kier alpha value is -2.52. The van der Waals surface area contributed by atoms with Crippen molar-refractivity contribution in [2.24, 2.45) is 0 Å². The molecular weight excluding hydrogens is 342 g/mol. The molecule has 0 spiro atoms. The summed E-state index contributed by atoms with van der Waals surface area (Å²) >= 11 is 1.50. The van der Waals surface area contributed by atoms with Crippen LogP contribution in [0.5, 0.6) is 0 Å². The fourth-order valence-corrected chi connectivity index (χ4v) is 3.26. The van der Waals surface area contributed by atoms with Crippen LogP contribution in [0.25, 0.3) is 0 Å². The fourth-order valence-electron chi connectivity index (χ4n) is 2.62. The summed E-state index contributed by atoms with van der Waals surface area (Å²) in [6, 6.07) is 4.54. The van der Waals surface area contributed by atoms with Gasteiger partial charge in [0.1, 0.15) is 5.69 Å². The predicted molar refractivity (Wildman–Crippen MR) is 93.9 cm³/mol. The number of hydrogen-bond donors (Lipinski definition) is 2. The molecule has 3 rings (SSSR count). The Labute approximate surface area is 148 Å². The average molecular weight is 361 g/mol. The van der Waals surface area contributed by atoms with Crippen LogP contribution in [-0.2, 0) is 0 Å². The van der Waals surface area contributed by atoms with Crippen molar-refractivity contribution in [2.45, 2.75) is 0 Å². The molecule has 2 aromatic heterocycles. The summed E-state index contributed by atoms with van der Waals surface area (Å²) in [6.07, 6.45) is 0. The Morgan fingerprint density at radius 2 is 2.00 bits per heavy atom. The minimum atomic E-state index is -0.328. The lowest BCUT2D eigenvalue weighted by atomic mass is 10.2. The molecule has 9 heteroatoms. The van der Waals surface area contributed by atoms with Crippen LogP contribution in [0.4, 0.5) is 0 Å². The van der Waals surface area contributed by atoms with Gasteiger partial charge in [0.05, 0.1) is 0 Å². The molecule has 0 bridgehead atoms. The Kier molecular flexibility index (Phi) is 5.56. The largest absolute Gasteiger partial charge is 0.351 e. The van der Waals surface area contributed by atoms with E-state index in [1.807, 2.05) is 10.8 Å². The standard InChI is InChI=1S/C16H19N5O3S/c22-14-2-1-13(18-19-14)16(24)21-8-6-20(7-9-21)5-4-17-15(23)12-3-10-25-11-12/h1-3,10-11H,4-9H2,(H,17,23)(H,19,22).